The fraction of sp³-hybridized carbons (Fsp3) is 0.545. The van der Waals surface area contributed by atoms with E-state index in [1.165, 1.54) is 24.9 Å². The molecule has 14 heavy (non-hydrogen) atoms. The van der Waals surface area contributed by atoms with E-state index in [1.54, 1.807) is 0 Å². The summed E-state index contributed by atoms with van der Waals surface area (Å²) in [6.07, 6.45) is 4.47. The van der Waals surface area contributed by atoms with E-state index in [9.17, 15) is 0 Å². The number of rotatable bonds is 1. The lowest BCUT2D eigenvalue weighted by molar-refractivity contribution is 0.250. The van der Waals surface area contributed by atoms with Crippen LogP contribution in [-0.2, 0) is 0 Å². The molecule has 1 atom stereocenters. The van der Waals surface area contributed by atoms with Gasteiger partial charge in [-0.15, -0.1) is 0 Å². The van der Waals surface area contributed by atoms with Crippen LogP contribution in [0.1, 0.15) is 24.3 Å². The van der Waals surface area contributed by atoms with E-state index in [2.05, 4.69) is 23.0 Å². The van der Waals surface area contributed by atoms with Crippen molar-refractivity contribution in [2.45, 2.75) is 18.8 Å². The zero-order valence-corrected chi connectivity index (χ0v) is 8.61. The molecule has 3 heteroatoms. The minimum Gasteiger partial charge on any atom is -0.384 e. The molecule has 0 bridgehead atoms. The number of anilines is 1. The number of piperidine rings is 1. The predicted molar refractivity (Wildman–Crippen MR) is 58.1 cm³/mol. The molecule has 76 valence electrons. The molecule has 0 aromatic carbocycles. The average Bonchev–Trinajstić information content (AvgIpc) is 2.19. The maximum atomic E-state index is 5.56. The van der Waals surface area contributed by atoms with E-state index >= 15 is 0 Å². The Hall–Kier alpha value is -1.09. The number of pyridine rings is 1. The van der Waals surface area contributed by atoms with Gasteiger partial charge in [-0.2, -0.15) is 0 Å². The predicted octanol–water partition coefficient (Wildman–Crippen LogP) is 1.47. The minimum absolute atomic E-state index is 0.609. The van der Waals surface area contributed by atoms with Crippen LogP contribution in [0.2, 0.25) is 0 Å². The van der Waals surface area contributed by atoms with Gasteiger partial charge >= 0.3 is 0 Å². The zero-order valence-electron chi connectivity index (χ0n) is 8.61. The number of nitrogen functional groups attached to an aromatic ring is 1. The Morgan fingerprint density at radius 2 is 2.36 bits per heavy atom. The third-order valence-electron chi connectivity index (χ3n) is 2.91. The van der Waals surface area contributed by atoms with Gasteiger partial charge in [-0.3, -0.25) is 0 Å². The second-order valence-electron chi connectivity index (χ2n) is 4.12. The Morgan fingerprint density at radius 3 is 3.00 bits per heavy atom. The van der Waals surface area contributed by atoms with Gasteiger partial charge in [0.2, 0.25) is 0 Å². The molecule has 2 rings (SSSR count). The van der Waals surface area contributed by atoms with Gasteiger partial charge in [0.15, 0.2) is 0 Å². The lowest BCUT2D eigenvalue weighted by Gasteiger charge is -2.29. The third-order valence-corrected chi connectivity index (χ3v) is 2.91. The highest BCUT2D eigenvalue weighted by molar-refractivity contribution is 5.31. The van der Waals surface area contributed by atoms with Crippen LogP contribution in [0.5, 0.6) is 0 Å². The van der Waals surface area contributed by atoms with Crippen LogP contribution in [0.4, 0.5) is 5.82 Å². The minimum atomic E-state index is 0.609. The van der Waals surface area contributed by atoms with Crippen LogP contribution in [0.3, 0.4) is 0 Å². The Labute approximate surface area is 84.9 Å². The third kappa shape index (κ3) is 2.04. The van der Waals surface area contributed by atoms with Gasteiger partial charge in [0, 0.05) is 12.7 Å². The van der Waals surface area contributed by atoms with Crippen LogP contribution in [0.25, 0.3) is 0 Å². The number of hydrogen-bond donors (Lipinski definition) is 1. The van der Waals surface area contributed by atoms with Crippen LogP contribution < -0.4 is 5.73 Å². The summed E-state index contributed by atoms with van der Waals surface area (Å²) < 4.78 is 0. The average molecular weight is 191 g/mol. The number of hydrogen-bond acceptors (Lipinski definition) is 3. The largest absolute Gasteiger partial charge is 0.384 e. The van der Waals surface area contributed by atoms with Crippen molar-refractivity contribution >= 4 is 5.82 Å². The van der Waals surface area contributed by atoms with Gasteiger partial charge in [-0.1, -0.05) is 6.07 Å². The molecule has 1 unspecified atom stereocenters. The highest BCUT2D eigenvalue weighted by Crippen LogP contribution is 2.25. The molecule has 1 aromatic rings. The van der Waals surface area contributed by atoms with E-state index in [4.69, 9.17) is 5.73 Å². The maximum absolute atomic E-state index is 5.56. The highest BCUT2D eigenvalue weighted by atomic mass is 15.1. The first-order valence-electron chi connectivity index (χ1n) is 5.15. The highest BCUT2D eigenvalue weighted by Gasteiger charge is 2.18. The summed E-state index contributed by atoms with van der Waals surface area (Å²) in [5.74, 6) is 1.25. The van der Waals surface area contributed by atoms with Gasteiger partial charge < -0.3 is 10.6 Å². The Balaban J connectivity index is 2.10. The standard InChI is InChI=1S/C11H17N3/c1-14-6-2-3-10(8-14)9-4-5-11(12)13-7-9/h4-5,7,10H,2-3,6,8H2,1H3,(H2,12,13). The van der Waals surface area contributed by atoms with Gasteiger partial charge in [-0.25, -0.2) is 4.98 Å². The first-order chi connectivity index (χ1) is 6.75. The second kappa shape index (κ2) is 3.96. The lowest BCUT2D eigenvalue weighted by Crippen LogP contribution is -2.30. The molecular formula is C11H17N3. The quantitative estimate of drug-likeness (QED) is 0.731. The molecule has 0 radical (unpaired) electrons. The summed E-state index contributed by atoms with van der Waals surface area (Å²) in [6, 6.07) is 4.00. The van der Waals surface area contributed by atoms with Crippen molar-refractivity contribution in [3.63, 3.8) is 0 Å². The summed E-state index contributed by atoms with van der Waals surface area (Å²) in [6.45, 7) is 2.37. The monoisotopic (exact) mass is 191 g/mol. The summed E-state index contributed by atoms with van der Waals surface area (Å²) in [5.41, 5.74) is 6.89. The molecule has 2 heterocycles. The fourth-order valence-electron chi connectivity index (χ4n) is 2.10. The normalized spacial score (nSPS) is 23.6. The molecule has 2 N–H and O–H groups in total. The second-order valence-corrected chi connectivity index (χ2v) is 4.12. The van der Waals surface area contributed by atoms with Crippen molar-refractivity contribution < 1.29 is 0 Å². The molecule has 3 nitrogen and oxygen atoms in total. The fourth-order valence-corrected chi connectivity index (χ4v) is 2.10. The van der Waals surface area contributed by atoms with Crippen LogP contribution in [0.15, 0.2) is 18.3 Å². The van der Waals surface area contributed by atoms with E-state index in [1.807, 2.05) is 12.3 Å². The van der Waals surface area contributed by atoms with Crippen molar-refractivity contribution in [3.05, 3.63) is 23.9 Å². The van der Waals surface area contributed by atoms with Crippen molar-refractivity contribution in [1.29, 1.82) is 0 Å². The zero-order chi connectivity index (χ0) is 9.97. The van der Waals surface area contributed by atoms with Crippen molar-refractivity contribution in [1.82, 2.24) is 9.88 Å². The van der Waals surface area contributed by atoms with Gasteiger partial charge in [0.05, 0.1) is 0 Å². The topological polar surface area (TPSA) is 42.1 Å². The Bertz CT molecular complexity index is 294. The number of likely N-dealkylation sites (N-methyl/N-ethyl adjacent to an activating group) is 1. The smallest absolute Gasteiger partial charge is 0.123 e. The molecule has 0 spiro atoms. The van der Waals surface area contributed by atoms with E-state index in [-0.39, 0.29) is 0 Å². The van der Waals surface area contributed by atoms with E-state index < -0.39 is 0 Å². The van der Waals surface area contributed by atoms with Gasteiger partial charge in [0.1, 0.15) is 5.82 Å². The summed E-state index contributed by atoms with van der Waals surface area (Å²) in [4.78, 5) is 6.52. The van der Waals surface area contributed by atoms with Crippen LogP contribution in [0, 0.1) is 0 Å². The van der Waals surface area contributed by atoms with Crippen LogP contribution in [-0.4, -0.2) is 30.0 Å². The molecular weight excluding hydrogens is 174 g/mol. The Morgan fingerprint density at radius 1 is 1.50 bits per heavy atom. The van der Waals surface area contributed by atoms with Crippen molar-refractivity contribution in [2.24, 2.45) is 0 Å². The Kier molecular flexibility index (Phi) is 2.68. The number of aromatic nitrogens is 1. The lowest BCUT2D eigenvalue weighted by atomic mass is 9.92. The maximum Gasteiger partial charge on any atom is 0.123 e. The SMILES string of the molecule is CN1CCCC(c2ccc(N)nc2)C1. The summed E-state index contributed by atoms with van der Waals surface area (Å²) in [5, 5.41) is 0. The first-order valence-corrected chi connectivity index (χ1v) is 5.15. The van der Waals surface area contributed by atoms with Gasteiger partial charge in [-0.05, 0) is 44.0 Å². The molecule has 1 saturated heterocycles. The summed E-state index contributed by atoms with van der Waals surface area (Å²) >= 11 is 0. The molecule has 1 aromatic heterocycles. The molecule has 0 saturated carbocycles. The molecule has 1 aliphatic heterocycles. The van der Waals surface area contributed by atoms with E-state index in [0.717, 1.165) is 6.54 Å². The summed E-state index contributed by atoms with van der Waals surface area (Å²) in [7, 11) is 2.18. The van der Waals surface area contributed by atoms with Crippen molar-refractivity contribution in [2.75, 3.05) is 25.9 Å². The number of likely N-dealkylation sites (tertiary alicyclic amines) is 1. The van der Waals surface area contributed by atoms with Crippen LogP contribution >= 0.6 is 0 Å². The first kappa shape index (κ1) is 9.46. The molecule has 1 fully saturated rings. The van der Waals surface area contributed by atoms with Crippen molar-refractivity contribution in [3.8, 4) is 0 Å². The van der Waals surface area contributed by atoms with E-state index in [0.29, 0.717) is 11.7 Å². The number of nitrogens with zero attached hydrogens (tertiary/aromatic N) is 2. The molecule has 1 aliphatic rings. The number of nitrogens with two attached hydrogens (primary N) is 1. The van der Waals surface area contributed by atoms with Gasteiger partial charge in [0.25, 0.3) is 0 Å². The molecule has 0 amide bonds. The molecule has 0 aliphatic carbocycles.